The number of allylic oxidation sites excluding steroid dienone is 2. The summed E-state index contributed by atoms with van der Waals surface area (Å²) >= 11 is 0. The fourth-order valence-corrected chi connectivity index (χ4v) is 5.11. The van der Waals surface area contributed by atoms with Crippen LogP contribution in [0.2, 0.25) is 0 Å². The van der Waals surface area contributed by atoms with E-state index >= 15 is 0 Å². The van der Waals surface area contributed by atoms with Gasteiger partial charge in [0.1, 0.15) is 5.78 Å². The Bertz CT molecular complexity index is 1110. The van der Waals surface area contributed by atoms with Crippen LogP contribution in [-0.4, -0.2) is 40.3 Å². The van der Waals surface area contributed by atoms with E-state index in [-0.39, 0.29) is 29.7 Å². The molecular formula is C32H42O5. The number of hydrogen-bond acceptors (Lipinski definition) is 5. The van der Waals surface area contributed by atoms with Gasteiger partial charge in [-0.25, -0.2) is 0 Å². The summed E-state index contributed by atoms with van der Waals surface area (Å²) in [5.41, 5.74) is 0.341. The lowest BCUT2D eigenvalue weighted by molar-refractivity contribution is -0.147. The van der Waals surface area contributed by atoms with E-state index in [1.165, 1.54) is 16.3 Å². The summed E-state index contributed by atoms with van der Waals surface area (Å²) in [7, 11) is 0. The van der Waals surface area contributed by atoms with Crippen LogP contribution in [0, 0.1) is 17.3 Å². The van der Waals surface area contributed by atoms with Crippen LogP contribution in [0.15, 0.2) is 66.8 Å². The van der Waals surface area contributed by atoms with E-state index in [1.54, 1.807) is 19.9 Å². The molecule has 0 spiro atoms. The topological polar surface area (TPSA) is 83.8 Å². The Morgan fingerprint density at radius 1 is 1.11 bits per heavy atom. The molecule has 5 nitrogen and oxygen atoms in total. The fraction of sp³-hybridized carbons (Fsp3) is 0.500. The number of esters is 1. The first-order valence-corrected chi connectivity index (χ1v) is 13.5. The second kappa shape index (κ2) is 13.2. The van der Waals surface area contributed by atoms with E-state index in [4.69, 9.17) is 4.74 Å². The third-order valence-corrected chi connectivity index (χ3v) is 7.31. The number of ketones is 1. The highest BCUT2D eigenvalue weighted by atomic mass is 16.5. The van der Waals surface area contributed by atoms with Crippen molar-refractivity contribution >= 4 is 22.5 Å². The second-order valence-corrected chi connectivity index (χ2v) is 11.0. The van der Waals surface area contributed by atoms with Crippen LogP contribution in [-0.2, 0) is 20.7 Å². The summed E-state index contributed by atoms with van der Waals surface area (Å²) in [5, 5.41) is 23.9. The van der Waals surface area contributed by atoms with Gasteiger partial charge in [0.05, 0.1) is 23.7 Å². The minimum absolute atomic E-state index is 0.0467. The smallest absolute Gasteiger partial charge is 0.306 e. The minimum atomic E-state index is -0.829. The Labute approximate surface area is 221 Å². The Hall–Kier alpha value is -2.76. The van der Waals surface area contributed by atoms with Crippen molar-refractivity contribution in [1.82, 2.24) is 0 Å². The van der Waals surface area contributed by atoms with Crippen LogP contribution in [0.25, 0.3) is 10.8 Å². The lowest BCUT2D eigenvalue weighted by atomic mass is 9.86. The Morgan fingerprint density at radius 2 is 1.84 bits per heavy atom. The highest BCUT2D eigenvalue weighted by Gasteiger charge is 2.52. The van der Waals surface area contributed by atoms with E-state index in [0.717, 1.165) is 12.8 Å². The van der Waals surface area contributed by atoms with Crippen LogP contribution in [0.3, 0.4) is 0 Å². The van der Waals surface area contributed by atoms with Gasteiger partial charge in [-0.3, -0.25) is 9.59 Å². The van der Waals surface area contributed by atoms with Gasteiger partial charge in [-0.05, 0) is 62.3 Å². The monoisotopic (exact) mass is 506 g/mol. The summed E-state index contributed by atoms with van der Waals surface area (Å²) in [6.07, 6.45) is 9.62. The van der Waals surface area contributed by atoms with Gasteiger partial charge < -0.3 is 14.9 Å². The van der Waals surface area contributed by atoms with Crippen LogP contribution < -0.4 is 0 Å². The molecule has 0 heterocycles. The lowest BCUT2D eigenvalue weighted by Gasteiger charge is -2.22. The van der Waals surface area contributed by atoms with E-state index in [1.807, 2.05) is 44.2 Å². The molecule has 1 unspecified atom stereocenters. The zero-order valence-electron chi connectivity index (χ0n) is 22.6. The molecule has 0 bridgehead atoms. The molecule has 3 rings (SSSR count). The zero-order valence-corrected chi connectivity index (χ0v) is 22.6. The van der Waals surface area contributed by atoms with Crippen molar-refractivity contribution in [2.75, 3.05) is 0 Å². The van der Waals surface area contributed by atoms with Crippen LogP contribution in [0.1, 0.15) is 65.4 Å². The maximum absolute atomic E-state index is 13.1. The molecule has 1 fully saturated rings. The molecule has 200 valence electrons. The molecule has 1 saturated carbocycles. The van der Waals surface area contributed by atoms with E-state index < -0.39 is 17.6 Å². The average molecular weight is 507 g/mol. The molecule has 5 heteroatoms. The van der Waals surface area contributed by atoms with Gasteiger partial charge in [-0.1, -0.05) is 80.6 Å². The van der Waals surface area contributed by atoms with Crippen molar-refractivity contribution in [2.24, 2.45) is 17.3 Å². The van der Waals surface area contributed by atoms with E-state index in [0.29, 0.717) is 25.7 Å². The molecule has 2 aromatic carbocycles. The van der Waals surface area contributed by atoms with Crippen molar-refractivity contribution in [1.29, 1.82) is 0 Å². The van der Waals surface area contributed by atoms with Gasteiger partial charge in [0, 0.05) is 18.3 Å². The van der Waals surface area contributed by atoms with Gasteiger partial charge in [0.2, 0.25) is 0 Å². The first-order chi connectivity index (χ1) is 17.6. The standard InChI is InChI=1S/C32H42O5/c1-22(2)37-29(34)14-8-6-5-7-13-27-28(31(36)32(3,4)30(27)35)20-19-26(33)18-16-23-15-17-24-11-9-10-12-25(24)21-23/h5,7,9-12,15,17,19-22,26-28,31,33,36H,6,8,13-14,16,18H2,1-4H3/b7-5-,20-19+/t26?,27-,28-,31+/m1/s1. The number of rotatable bonds is 12. The second-order valence-electron chi connectivity index (χ2n) is 11.0. The highest BCUT2D eigenvalue weighted by Crippen LogP contribution is 2.44. The molecule has 0 saturated heterocycles. The van der Waals surface area contributed by atoms with Gasteiger partial charge >= 0.3 is 5.97 Å². The Kier molecular flexibility index (Phi) is 10.2. The number of carbonyl (C=O) groups excluding carboxylic acids is 2. The maximum atomic E-state index is 13.1. The number of aryl methyl sites for hydroxylation is 1. The number of aliphatic hydroxyl groups excluding tert-OH is 2. The van der Waals surface area contributed by atoms with Crippen molar-refractivity contribution in [2.45, 2.75) is 84.5 Å². The Morgan fingerprint density at radius 3 is 2.57 bits per heavy atom. The minimum Gasteiger partial charge on any atom is -0.463 e. The first-order valence-electron chi connectivity index (χ1n) is 13.5. The normalized spacial score (nSPS) is 22.5. The van der Waals surface area contributed by atoms with Gasteiger partial charge in [-0.2, -0.15) is 0 Å². The fourth-order valence-electron chi connectivity index (χ4n) is 5.11. The Balaban J connectivity index is 1.54. The van der Waals surface area contributed by atoms with Crippen LogP contribution in [0.4, 0.5) is 0 Å². The zero-order chi connectivity index (χ0) is 27.0. The number of Topliss-reactive ketones (excluding diaryl/α,β-unsaturated/α-hetero) is 1. The summed E-state index contributed by atoms with van der Waals surface area (Å²) in [4.78, 5) is 24.7. The number of benzene rings is 2. The van der Waals surface area contributed by atoms with Gasteiger partial charge in [-0.15, -0.1) is 0 Å². The highest BCUT2D eigenvalue weighted by molar-refractivity contribution is 5.90. The number of aliphatic hydroxyl groups is 2. The largest absolute Gasteiger partial charge is 0.463 e. The van der Waals surface area contributed by atoms with E-state index in [9.17, 15) is 19.8 Å². The van der Waals surface area contributed by atoms with E-state index in [2.05, 4.69) is 30.3 Å². The number of fused-ring (bicyclic) bond motifs is 1. The molecule has 37 heavy (non-hydrogen) atoms. The summed E-state index contributed by atoms with van der Waals surface area (Å²) in [6, 6.07) is 14.6. The van der Waals surface area contributed by atoms with Crippen molar-refractivity contribution in [3.8, 4) is 0 Å². The third kappa shape index (κ3) is 7.86. The molecule has 0 aromatic heterocycles. The number of carbonyl (C=O) groups is 2. The molecule has 0 amide bonds. The predicted octanol–water partition coefficient (Wildman–Crippen LogP) is 5.96. The molecule has 2 N–H and O–H groups in total. The lowest BCUT2D eigenvalue weighted by Crippen LogP contribution is -2.31. The average Bonchev–Trinajstić information content (AvgIpc) is 3.02. The quantitative estimate of drug-likeness (QED) is 0.211. The molecule has 4 atom stereocenters. The summed E-state index contributed by atoms with van der Waals surface area (Å²) in [6.45, 7) is 7.25. The van der Waals surface area contributed by atoms with Crippen LogP contribution in [0.5, 0.6) is 0 Å². The molecule has 0 aliphatic heterocycles. The van der Waals surface area contributed by atoms with Gasteiger partial charge in [0.15, 0.2) is 0 Å². The van der Waals surface area contributed by atoms with Crippen molar-refractivity contribution in [3.05, 3.63) is 72.3 Å². The maximum Gasteiger partial charge on any atom is 0.306 e. The number of hydrogen-bond donors (Lipinski definition) is 2. The first kappa shape index (κ1) is 28.8. The predicted molar refractivity (Wildman–Crippen MR) is 148 cm³/mol. The third-order valence-electron chi connectivity index (χ3n) is 7.31. The molecule has 2 aromatic rings. The molecule has 1 aliphatic rings. The molecule has 0 radical (unpaired) electrons. The van der Waals surface area contributed by atoms with Crippen molar-refractivity contribution in [3.63, 3.8) is 0 Å². The van der Waals surface area contributed by atoms with Gasteiger partial charge in [0.25, 0.3) is 0 Å². The summed E-state index contributed by atoms with van der Waals surface area (Å²) in [5.74, 6) is -0.825. The molecular weight excluding hydrogens is 464 g/mol. The SMILES string of the molecule is CC(C)OC(=O)CCC/C=C\C[C@H]1C(=O)C(C)(C)[C@@H](O)[C@@H]1/C=C/C(O)CCc1ccc2ccccc2c1. The van der Waals surface area contributed by atoms with Crippen molar-refractivity contribution < 1.29 is 24.5 Å². The molecule has 1 aliphatic carbocycles. The summed E-state index contributed by atoms with van der Waals surface area (Å²) < 4.78 is 5.14. The number of unbranched alkanes of at least 4 members (excludes halogenated alkanes) is 1. The van der Waals surface area contributed by atoms with Crippen LogP contribution >= 0.6 is 0 Å². The number of ether oxygens (including phenoxy) is 1.